The molecular weight excluding hydrogens is 487 g/mol. The molecule has 3 aromatic rings. The van der Waals surface area contributed by atoms with Crippen molar-refractivity contribution >= 4 is 23.6 Å². The second kappa shape index (κ2) is 14.4. The normalized spacial score (nSPS) is 12.4. The minimum Gasteiger partial charge on any atom is -0.497 e. The third kappa shape index (κ3) is 8.64. The zero-order chi connectivity index (χ0) is 26.6. The van der Waals surface area contributed by atoms with E-state index in [1.807, 2.05) is 68.4 Å². The minimum absolute atomic E-state index is 0.0139. The van der Waals surface area contributed by atoms with E-state index in [1.165, 1.54) is 22.7 Å². The molecule has 1 N–H and O–H groups in total. The Morgan fingerprint density at radius 1 is 0.973 bits per heavy atom. The van der Waals surface area contributed by atoms with Gasteiger partial charge in [0.2, 0.25) is 11.8 Å². The summed E-state index contributed by atoms with van der Waals surface area (Å²) in [7, 11) is 1.62. The highest BCUT2D eigenvalue weighted by molar-refractivity contribution is 7.99. The fraction of sp³-hybridized carbons (Fsp3) is 0.333. The summed E-state index contributed by atoms with van der Waals surface area (Å²) in [5, 5.41) is 3.03. The summed E-state index contributed by atoms with van der Waals surface area (Å²) < 4.78 is 19.9. The van der Waals surface area contributed by atoms with Crippen LogP contribution in [-0.4, -0.2) is 41.7 Å². The first kappa shape index (κ1) is 28.3. The van der Waals surface area contributed by atoms with Crippen LogP contribution in [0.15, 0.2) is 78.9 Å². The Morgan fingerprint density at radius 3 is 2.30 bits per heavy atom. The van der Waals surface area contributed by atoms with E-state index >= 15 is 0 Å². The van der Waals surface area contributed by atoms with Crippen LogP contribution in [0.5, 0.6) is 5.75 Å². The average molecular weight is 523 g/mol. The van der Waals surface area contributed by atoms with Gasteiger partial charge in [-0.05, 0) is 42.7 Å². The van der Waals surface area contributed by atoms with Gasteiger partial charge in [-0.2, -0.15) is 0 Å². The Bertz CT molecular complexity index is 1140. The number of benzene rings is 3. The Hall–Kier alpha value is -3.32. The topological polar surface area (TPSA) is 58.6 Å². The first-order chi connectivity index (χ1) is 17.9. The number of hydrogen-bond donors (Lipinski definition) is 1. The van der Waals surface area contributed by atoms with Gasteiger partial charge in [0.05, 0.1) is 12.9 Å². The second-order valence-electron chi connectivity index (χ2n) is 8.98. The van der Waals surface area contributed by atoms with E-state index in [2.05, 4.69) is 5.32 Å². The fourth-order valence-electron chi connectivity index (χ4n) is 3.87. The Kier molecular flexibility index (Phi) is 11.0. The standard InChI is InChI=1S/C30H35FN2O3S/c1-4-22(2)32-30(35)28(18-23-10-6-5-7-11-23)33(19-25-12-8-9-13-27(25)31)29(34)21-37-20-24-14-16-26(36-3)17-15-24/h5-17,22,28H,4,18-21H2,1-3H3,(H,32,35)/t22-,28-/m0/s1. The lowest BCUT2D eigenvalue weighted by atomic mass is 10.0. The van der Waals surface area contributed by atoms with E-state index in [0.29, 0.717) is 17.7 Å². The van der Waals surface area contributed by atoms with Gasteiger partial charge < -0.3 is 15.0 Å². The number of ether oxygens (including phenoxy) is 1. The highest BCUT2D eigenvalue weighted by Crippen LogP contribution is 2.21. The summed E-state index contributed by atoms with van der Waals surface area (Å²) in [5.74, 6) is 0.739. The molecule has 0 aliphatic heterocycles. The predicted molar refractivity (Wildman–Crippen MR) is 148 cm³/mol. The van der Waals surface area contributed by atoms with Crippen LogP contribution in [0, 0.1) is 5.82 Å². The number of carbonyl (C=O) groups is 2. The monoisotopic (exact) mass is 522 g/mol. The molecule has 2 atom stereocenters. The largest absolute Gasteiger partial charge is 0.497 e. The number of methoxy groups -OCH3 is 1. The van der Waals surface area contributed by atoms with E-state index in [0.717, 1.165) is 23.3 Å². The molecule has 37 heavy (non-hydrogen) atoms. The van der Waals surface area contributed by atoms with Crippen LogP contribution in [0.4, 0.5) is 4.39 Å². The molecular formula is C30H35FN2O3S. The summed E-state index contributed by atoms with van der Waals surface area (Å²) in [4.78, 5) is 28.6. The van der Waals surface area contributed by atoms with Gasteiger partial charge >= 0.3 is 0 Å². The molecule has 0 aliphatic rings. The predicted octanol–water partition coefficient (Wildman–Crippen LogP) is 5.62. The molecule has 0 heterocycles. The van der Waals surface area contributed by atoms with E-state index in [1.54, 1.807) is 25.3 Å². The molecule has 0 bridgehead atoms. The van der Waals surface area contributed by atoms with Crippen LogP contribution >= 0.6 is 11.8 Å². The SMILES string of the molecule is CC[C@H](C)NC(=O)[C@H](Cc1ccccc1)N(Cc1ccccc1F)C(=O)CSCc1ccc(OC)cc1. The van der Waals surface area contributed by atoms with Gasteiger partial charge in [0, 0.05) is 30.3 Å². The smallest absolute Gasteiger partial charge is 0.243 e. The minimum atomic E-state index is -0.773. The molecule has 5 nitrogen and oxygen atoms in total. The molecule has 0 radical (unpaired) electrons. The van der Waals surface area contributed by atoms with E-state index in [4.69, 9.17) is 4.74 Å². The molecule has 7 heteroatoms. The summed E-state index contributed by atoms with van der Waals surface area (Å²) in [6, 6.07) is 22.9. The van der Waals surface area contributed by atoms with Crippen molar-refractivity contribution in [2.75, 3.05) is 12.9 Å². The quantitative estimate of drug-likeness (QED) is 0.317. The summed E-state index contributed by atoms with van der Waals surface area (Å²) in [5.41, 5.74) is 2.38. The van der Waals surface area contributed by atoms with Crippen LogP contribution in [0.25, 0.3) is 0 Å². The van der Waals surface area contributed by atoms with Gasteiger partial charge in [-0.1, -0.05) is 67.6 Å². The van der Waals surface area contributed by atoms with Gasteiger partial charge in [-0.25, -0.2) is 4.39 Å². The van der Waals surface area contributed by atoms with Crippen molar-refractivity contribution in [3.8, 4) is 5.75 Å². The lowest BCUT2D eigenvalue weighted by Gasteiger charge is -2.32. The maximum absolute atomic E-state index is 14.7. The molecule has 0 saturated carbocycles. The Labute approximate surface area is 223 Å². The van der Waals surface area contributed by atoms with E-state index in [9.17, 15) is 14.0 Å². The fourth-order valence-corrected chi connectivity index (χ4v) is 4.74. The molecule has 2 amide bonds. The third-order valence-corrected chi connectivity index (χ3v) is 7.21. The van der Waals surface area contributed by atoms with Crippen LogP contribution < -0.4 is 10.1 Å². The molecule has 0 fully saturated rings. The van der Waals surface area contributed by atoms with Crippen molar-refractivity contribution in [1.29, 1.82) is 0 Å². The van der Waals surface area contributed by atoms with Crippen LogP contribution in [0.3, 0.4) is 0 Å². The van der Waals surface area contributed by atoms with Crippen molar-refractivity contribution in [2.45, 2.75) is 51.1 Å². The molecule has 0 unspecified atom stereocenters. The maximum atomic E-state index is 14.7. The molecule has 0 saturated heterocycles. The number of rotatable bonds is 13. The van der Waals surface area contributed by atoms with Gasteiger partial charge in [0.25, 0.3) is 0 Å². The average Bonchev–Trinajstić information content (AvgIpc) is 2.92. The summed E-state index contributed by atoms with van der Waals surface area (Å²) >= 11 is 1.47. The summed E-state index contributed by atoms with van der Waals surface area (Å²) in [6.07, 6.45) is 1.11. The second-order valence-corrected chi connectivity index (χ2v) is 9.96. The van der Waals surface area contributed by atoms with Crippen molar-refractivity contribution in [3.63, 3.8) is 0 Å². The number of halogens is 1. The summed E-state index contributed by atoms with van der Waals surface area (Å²) in [6.45, 7) is 3.94. The molecule has 3 aromatic carbocycles. The van der Waals surface area contributed by atoms with Gasteiger partial charge in [0.1, 0.15) is 17.6 Å². The highest BCUT2D eigenvalue weighted by atomic mass is 32.2. The van der Waals surface area contributed by atoms with Crippen molar-refractivity contribution in [1.82, 2.24) is 10.2 Å². The van der Waals surface area contributed by atoms with Gasteiger partial charge in [-0.15, -0.1) is 11.8 Å². The highest BCUT2D eigenvalue weighted by Gasteiger charge is 2.31. The number of thioether (sulfide) groups is 1. The number of nitrogens with zero attached hydrogens (tertiary/aromatic N) is 1. The molecule has 0 aliphatic carbocycles. The van der Waals surface area contributed by atoms with Crippen LogP contribution in [0.2, 0.25) is 0 Å². The van der Waals surface area contributed by atoms with E-state index < -0.39 is 11.9 Å². The number of amides is 2. The zero-order valence-corrected chi connectivity index (χ0v) is 22.5. The van der Waals surface area contributed by atoms with Crippen molar-refractivity contribution < 1.29 is 18.7 Å². The molecule has 0 aromatic heterocycles. The lowest BCUT2D eigenvalue weighted by molar-refractivity contribution is -0.139. The van der Waals surface area contributed by atoms with Gasteiger partial charge in [0.15, 0.2) is 0 Å². The van der Waals surface area contributed by atoms with E-state index in [-0.39, 0.29) is 30.2 Å². The number of hydrogen-bond acceptors (Lipinski definition) is 4. The lowest BCUT2D eigenvalue weighted by Crippen LogP contribution is -2.52. The number of carbonyl (C=O) groups excluding carboxylic acids is 2. The molecule has 196 valence electrons. The van der Waals surface area contributed by atoms with Gasteiger partial charge in [-0.3, -0.25) is 9.59 Å². The number of nitrogens with one attached hydrogen (secondary N) is 1. The first-order valence-corrected chi connectivity index (χ1v) is 13.6. The Balaban J connectivity index is 1.84. The van der Waals surface area contributed by atoms with Crippen molar-refractivity contribution in [3.05, 3.63) is 101 Å². The first-order valence-electron chi connectivity index (χ1n) is 12.5. The molecule has 3 rings (SSSR count). The maximum Gasteiger partial charge on any atom is 0.243 e. The zero-order valence-electron chi connectivity index (χ0n) is 21.7. The third-order valence-electron chi connectivity index (χ3n) is 6.22. The van der Waals surface area contributed by atoms with Crippen LogP contribution in [0.1, 0.15) is 37.0 Å². The van der Waals surface area contributed by atoms with Crippen molar-refractivity contribution in [2.24, 2.45) is 0 Å². The molecule has 0 spiro atoms. The van der Waals surface area contributed by atoms with Crippen LogP contribution in [-0.2, 0) is 28.3 Å². The Morgan fingerprint density at radius 2 is 1.65 bits per heavy atom.